The lowest BCUT2D eigenvalue weighted by Crippen LogP contribution is -1.91. The summed E-state index contributed by atoms with van der Waals surface area (Å²) in [5.41, 5.74) is 8.17. The molecule has 0 aromatic heterocycles. The van der Waals surface area contributed by atoms with E-state index < -0.39 is 0 Å². The van der Waals surface area contributed by atoms with Crippen molar-refractivity contribution in [2.45, 2.75) is 11.3 Å². The fourth-order valence-corrected chi connectivity index (χ4v) is 2.90. The minimum atomic E-state index is 0.845. The molecule has 0 bridgehead atoms. The highest BCUT2D eigenvalue weighted by atomic mass is 79.9. The average Bonchev–Trinajstić information content (AvgIpc) is 2.33. The number of rotatable bonds is 4. The minimum absolute atomic E-state index is 0.845. The fourth-order valence-electron chi connectivity index (χ4n) is 1.57. The summed E-state index contributed by atoms with van der Waals surface area (Å²) in [6, 6.07) is 16.6. The van der Waals surface area contributed by atoms with Crippen molar-refractivity contribution in [1.82, 2.24) is 0 Å². The van der Waals surface area contributed by atoms with Crippen molar-refractivity contribution >= 4 is 33.4 Å². The van der Waals surface area contributed by atoms with Crippen LogP contribution in [0.3, 0.4) is 0 Å². The second-order valence-electron chi connectivity index (χ2n) is 3.77. The van der Waals surface area contributed by atoms with Gasteiger partial charge in [-0.1, -0.05) is 46.3 Å². The van der Waals surface area contributed by atoms with Gasteiger partial charge in [-0.2, -0.15) is 0 Å². The van der Waals surface area contributed by atoms with E-state index in [1.54, 1.807) is 11.8 Å². The zero-order chi connectivity index (χ0) is 12.1. The van der Waals surface area contributed by atoms with Crippen LogP contribution in [0.1, 0.15) is 5.56 Å². The van der Waals surface area contributed by atoms with Crippen LogP contribution >= 0.6 is 27.7 Å². The molecule has 0 aliphatic heterocycles. The molecule has 3 heteroatoms. The molecule has 0 saturated carbocycles. The zero-order valence-corrected chi connectivity index (χ0v) is 11.8. The summed E-state index contributed by atoms with van der Waals surface area (Å²) in [6.45, 7) is 0. The highest BCUT2D eigenvalue weighted by molar-refractivity contribution is 9.10. The number of hydrogen-bond acceptors (Lipinski definition) is 2. The molecule has 88 valence electrons. The molecular weight excluding hydrogens is 294 g/mol. The molecule has 0 spiro atoms. The van der Waals surface area contributed by atoms with E-state index in [0.717, 1.165) is 27.2 Å². The molecule has 0 amide bonds. The Kier molecular flexibility index (Phi) is 4.51. The van der Waals surface area contributed by atoms with Crippen LogP contribution < -0.4 is 5.73 Å². The van der Waals surface area contributed by atoms with Crippen molar-refractivity contribution in [2.75, 3.05) is 11.5 Å². The second kappa shape index (κ2) is 6.12. The van der Waals surface area contributed by atoms with Crippen LogP contribution in [0.2, 0.25) is 0 Å². The van der Waals surface area contributed by atoms with Crippen molar-refractivity contribution in [1.29, 1.82) is 0 Å². The van der Waals surface area contributed by atoms with Gasteiger partial charge in [0.2, 0.25) is 0 Å². The topological polar surface area (TPSA) is 26.0 Å². The second-order valence-corrected chi connectivity index (χ2v) is 5.82. The van der Waals surface area contributed by atoms with E-state index in [1.807, 2.05) is 18.2 Å². The van der Waals surface area contributed by atoms with Crippen molar-refractivity contribution in [3.63, 3.8) is 0 Å². The maximum Gasteiger partial charge on any atom is 0.0463 e. The molecular formula is C14H14BrNS. The summed E-state index contributed by atoms with van der Waals surface area (Å²) in [4.78, 5) is 1.16. The number of halogens is 1. The maximum absolute atomic E-state index is 5.95. The van der Waals surface area contributed by atoms with E-state index in [1.165, 1.54) is 5.56 Å². The van der Waals surface area contributed by atoms with Crippen LogP contribution in [0.25, 0.3) is 0 Å². The van der Waals surface area contributed by atoms with Gasteiger partial charge >= 0.3 is 0 Å². The van der Waals surface area contributed by atoms with Gasteiger partial charge in [0.25, 0.3) is 0 Å². The first kappa shape index (κ1) is 12.5. The highest BCUT2D eigenvalue weighted by Crippen LogP contribution is 2.28. The third-order valence-corrected chi connectivity index (χ3v) is 4.05. The number of hydrogen-bond donors (Lipinski definition) is 1. The lowest BCUT2D eigenvalue weighted by atomic mass is 10.2. The number of nitrogens with two attached hydrogens (primary N) is 1. The molecule has 2 N–H and O–H groups in total. The normalized spacial score (nSPS) is 10.4. The predicted octanol–water partition coefficient (Wildman–Crippen LogP) is 4.37. The lowest BCUT2D eigenvalue weighted by Gasteiger charge is -2.05. The van der Waals surface area contributed by atoms with Crippen LogP contribution in [-0.4, -0.2) is 5.75 Å². The van der Waals surface area contributed by atoms with Crippen molar-refractivity contribution < 1.29 is 0 Å². The molecule has 0 aliphatic carbocycles. The molecule has 2 aromatic carbocycles. The molecule has 0 heterocycles. The van der Waals surface area contributed by atoms with Crippen LogP contribution in [-0.2, 0) is 6.42 Å². The summed E-state index contributed by atoms with van der Waals surface area (Å²) in [5.74, 6) is 1.05. The van der Waals surface area contributed by atoms with Gasteiger partial charge in [0.1, 0.15) is 0 Å². The lowest BCUT2D eigenvalue weighted by molar-refractivity contribution is 1.15. The maximum atomic E-state index is 5.95. The number of nitrogen functional groups attached to an aromatic ring is 1. The van der Waals surface area contributed by atoms with Gasteiger partial charge in [0, 0.05) is 20.8 Å². The van der Waals surface area contributed by atoms with E-state index >= 15 is 0 Å². The molecule has 0 saturated heterocycles. The molecule has 0 atom stereocenters. The monoisotopic (exact) mass is 307 g/mol. The Bertz CT molecular complexity index is 485. The van der Waals surface area contributed by atoms with Crippen molar-refractivity contribution in [3.05, 3.63) is 58.6 Å². The van der Waals surface area contributed by atoms with Crippen LogP contribution in [0.15, 0.2) is 57.9 Å². The summed E-state index contributed by atoms with van der Waals surface area (Å²) in [7, 11) is 0. The van der Waals surface area contributed by atoms with Gasteiger partial charge < -0.3 is 5.73 Å². The first-order chi connectivity index (χ1) is 8.25. The number of thioether (sulfide) groups is 1. The zero-order valence-electron chi connectivity index (χ0n) is 9.40. The molecule has 0 radical (unpaired) electrons. The summed E-state index contributed by atoms with van der Waals surface area (Å²) >= 11 is 5.22. The molecule has 0 aliphatic rings. The SMILES string of the molecule is Nc1cc(Br)ccc1SCCc1ccccc1. The average molecular weight is 308 g/mol. The van der Waals surface area contributed by atoms with E-state index in [-0.39, 0.29) is 0 Å². The largest absolute Gasteiger partial charge is 0.398 e. The number of anilines is 1. The van der Waals surface area contributed by atoms with E-state index in [9.17, 15) is 0 Å². The van der Waals surface area contributed by atoms with Gasteiger partial charge in [-0.15, -0.1) is 11.8 Å². The quantitative estimate of drug-likeness (QED) is 0.670. The van der Waals surface area contributed by atoms with Gasteiger partial charge in [-0.05, 0) is 30.2 Å². The summed E-state index contributed by atoms with van der Waals surface area (Å²) in [6.07, 6.45) is 1.07. The number of aryl methyl sites for hydroxylation is 1. The highest BCUT2D eigenvalue weighted by Gasteiger charge is 2.00. The Hall–Kier alpha value is -0.930. The van der Waals surface area contributed by atoms with Gasteiger partial charge in [0.15, 0.2) is 0 Å². The van der Waals surface area contributed by atoms with Gasteiger partial charge in [-0.25, -0.2) is 0 Å². The Labute approximate surface area is 115 Å². The Balaban J connectivity index is 1.90. The third kappa shape index (κ3) is 3.79. The first-order valence-corrected chi connectivity index (χ1v) is 7.25. The van der Waals surface area contributed by atoms with E-state index in [0.29, 0.717) is 0 Å². The summed E-state index contributed by atoms with van der Waals surface area (Å²) in [5, 5.41) is 0. The minimum Gasteiger partial charge on any atom is -0.398 e. The number of benzene rings is 2. The molecule has 0 unspecified atom stereocenters. The smallest absolute Gasteiger partial charge is 0.0463 e. The van der Waals surface area contributed by atoms with Crippen LogP contribution in [0.5, 0.6) is 0 Å². The van der Waals surface area contributed by atoms with E-state index in [2.05, 4.69) is 46.3 Å². The Morgan fingerprint density at radius 2 is 1.82 bits per heavy atom. The molecule has 17 heavy (non-hydrogen) atoms. The van der Waals surface area contributed by atoms with E-state index in [4.69, 9.17) is 5.73 Å². The van der Waals surface area contributed by atoms with Gasteiger partial charge in [0.05, 0.1) is 0 Å². The predicted molar refractivity (Wildman–Crippen MR) is 79.4 cm³/mol. The van der Waals surface area contributed by atoms with Crippen LogP contribution in [0, 0.1) is 0 Å². The van der Waals surface area contributed by atoms with Crippen molar-refractivity contribution in [3.8, 4) is 0 Å². The Morgan fingerprint density at radius 3 is 2.53 bits per heavy atom. The molecule has 1 nitrogen and oxygen atoms in total. The first-order valence-electron chi connectivity index (χ1n) is 5.47. The fraction of sp³-hybridized carbons (Fsp3) is 0.143. The van der Waals surface area contributed by atoms with Crippen LogP contribution in [0.4, 0.5) is 5.69 Å². The molecule has 0 fully saturated rings. The standard InChI is InChI=1S/C14H14BrNS/c15-12-6-7-14(13(16)10-12)17-9-8-11-4-2-1-3-5-11/h1-7,10H,8-9,16H2. The molecule has 2 rings (SSSR count). The van der Waals surface area contributed by atoms with Crippen molar-refractivity contribution in [2.24, 2.45) is 0 Å². The Morgan fingerprint density at radius 1 is 1.06 bits per heavy atom. The van der Waals surface area contributed by atoms with Gasteiger partial charge in [-0.3, -0.25) is 0 Å². The third-order valence-electron chi connectivity index (χ3n) is 2.46. The summed E-state index contributed by atoms with van der Waals surface area (Å²) < 4.78 is 1.03. The molecule has 2 aromatic rings.